The standard InChI is InChI=1S/C14H20N2O3S2/c1-19-12(17)7-4-5-10-9-21-14(15-10)16-13(18)11-6-2-3-8-20-11/h9,11H,2-8H2,1H3,(H,15,16,18). The van der Waals surface area contributed by atoms with Crippen LogP contribution in [0.2, 0.25) is 0 Å². The van der Waals surface area contributed by atoms with Crippen LogP contribution in [0.15, 0.2) is 5.38 Å². The Balaban J connectivity index is 1.76. The number of amides is 1. The zero-order chi connectivity index (χ0) is 15.1. The second-order valence-electron chi connectivity index (χ2n) is 4.92. The average Bonchev–Trinajstić information content (AvgIpc) is 2.95. The number of hydrogen-bond donors (Lipinski definition) is 1. The molecule has 1 aliphatic rings. The third kappa shape index (κ3) is 5.32. The van der Waals surface area contributed by atoms with E-state index in [2.05, 4.69) is 15.0 Å². The van der Waals surface area contributed by atoms with Crippen LogP contribution in [0.5, 0.6) is 0 Å². The summed E-state index contributed by atoms with van der Waals surface area (Å²) in [6.45, 7) is 0. The Morgan fingerprint density at radius 1 is 1.48 bits per heavy atom. The maximum Gasteiger partial charge on any atom is 0.305 e. The molecule has 0 bridgehead atoms. The van der Waals surface area contributed by atoms with Crippen molar-refractivity contribution in [1.29, 1.82) is 0 Å². The molecule has 1 saturated heterocycles. The minimum absolute atomic E-state index is 0.0606. The Kier molecular flexibility index (Phi) is 6.50. The van der Waals surface area contributed by atoms with Gasteiger partial charge in [-0.1, -0.05) is 6.42 Å². The van der Waals surface area contributed by atoms with Crippen molar-refractivity contribution in [3.63, 3.8) is 0 Å². The van der Waals surface area contributed by atoms with Crippen LogP contribution < -0.4 is 5.32 Å². The van der Waals surface area contributed by atoms with Gasteiger partial charge in [-0.15, -0.1) is 23.1 Å². The van der Waals surface area contributed by atoms with E-state index in [4.69, 9.17) is 0 Å². The first kappa shape index (κ1) is 16.3. The lowest BCUT2D eigenvalue weighted by Gasteiger charge is -2.19. The molecule has 1 aromatic rings. The molecule has 7 heteroatoms. The fourth-order valence-corrected chi connectivity index (χ4v) is 4.08. The van der Waals surface area contributed by atoms with Gasteiger partial charge in [-0.3, -0.25) is 9.59 Å². The SMILES string of the molecule is COC(=O)CCCc1csc(NC(=O)C2CCCCS2)n1. The molecule has 1 aromatic heterocycles. The summed E-state index contributed by atoms with van der Waals surface area (Å²) < 4.78 is 4.60. The third-order valence-corrected chi connectivity index (χ3v) is 5.48. The molecule has 0 aliphatic carbocycles. The molecule has 2 heterocycles. The summed E-state index contributed by atoms with van der Waals surface area (Å²) in [4.78, 5) is 27.5. The Morgan fingerprint density at radius 2 is 2.33 bits per heavy atom. The Hall–Kier alpha value is -1.08. The highest BCUT2D eigenvalue weighted by Crippen LogP contribution is 2.26. The largest absolute Gasteiger partial charge is 0.469 e. The maximum atomic E-state index is 12.1. The summed E-state index contributed by atoms with van der Waals surface area (Å²) in [5.74, 6) is 0.928. The number of carbonyl (C=O) groups excluding carboxylic acids is 2. The molecule has 2 rings (SSSR count). The van der Waals surface area contributed by atoms with E-state index in [1.165, 1.54) is 24.9 Å². The quantitative estimate of drug-likeness (QED) is 0.813. The van der Waals surface area contributed by atoms with Gasteiger partial charge in [0.05, 0.1) is 18.1 Å². The summed E-state index contributed by atoms with van der Waals surface area (Å²) in [7, 11) is 1.39. The molecule has 0 spiro atoms. The molecule has 21 heavy (non-hydrogen) atoms. The normalized spacial score (nSPS) is 18.2. The molecular formula is C14H20N2O3S2. The number of aromatic nitrogens is 1. The number of carbonyl (C=O) groups is 2. The van der Waals surface area contributed by atoms with Gasteiger partial charge in [0.1, 0.15) is 0 Å². The first-order valence-electron chi connectivity index (χ1n) is 7.12. The van der Waals surface area contributed by atoms with Gasteiger partial charge in [0.15, 0.2) is 5.13 Å². The third-order valence-electron chi connectivity index (χ3n) is 3.30. The van der Waals surface area contributed by atoms with Crippen molar-refractivity contribution < 1.29 is 14.3 Å². The van der Waals surface area contributed by atoms with Crippen molar-refractivity contribution in [2.45, 2.75) is 43.8 Å². The number of ether oxygens (including phenoxy) is 1. The first-order valence-corrected chi connectivity index (χ1v) is 9.05. The average molecular weight is 328 g/mol. The molecule has 5 nitrogen and oxygen atoms in total. The van der Waals surface area contributed by atoms with Crippen LogP contribution in [0.25, 0.3) is 0 Å². The number of hydrogen-bond acceptors (Lipinski definition) is 6. The number of thiazole rings is 1. The van der Waals surface area contributed by atoms with E-state index in [1.54, 1.807) is 11.8 Å². The highest BCUT2D eigenvalue weighted by atomic mass is 32.2. The van der Waals surface area contributed by atoms with Gasteiger partial charge in [-0.25, -0.2) is 4.98 Å². The van der Waals surface area contributed by atoms with Gasteiger partial charge in [0.2, 0.25) is 5.91 Å². The molecule has 1 amide bonds. The topological polar surface area (TPSA) is 68.3 Å². The minimum Gasteiger partial charge on any atom is -0.469 e. The molecule has 0 saturated carbocycles. The van der Waals surface area contributed by atoms with Crippen LogP contribution in [-0.4, -0.2) is 35.0 Å². The van der Waals surface area contributed by atoms with E-state index in [-0.39, 0.29) is 17.1 Å². The molecule has 0 radical (unpaired) electrons. The number of thioether (sulfide) groups is 1. The lowest BCUT2D eigenvalue weighted by atomic mass is 10.2. The fourth-order valence-electron chi connectivity index (χ4n) is 2.13. The van der Waals surface area contributed by atoms with E-state index in [0.717, 1.165) is 30.7 Å². The van der Waals surface area contributed by atoms with Gasteiger partial charge >= 0.3 is 5.97 Å². The first-order chi connectivity index (χ1) is 10.2. The number of nitrogens with zero attached hydrogens (tertiary/aromatic N) is 1. The van der Waals surface area contributed by atoms with Crippen molar-refractivity contribution in [2.75, 3.05) is 18.2 Å². The molecule has 1 atom stereocenters. The van der Waals surface area contributed by atoms with Crippen molar-refractivity contribution >= 4 is 40.1 Å². The highest BCUT2D eigenvalue weighted by molar-refractivity contribution is 8.00. The minimum atomic E-state index is -0.201. The number of nitrogens with one attached hydrogen (secondary N) is 1. The van der Waals surface area contributed by atoms with Crippen LogP contribution >= 0.6 is 23.1 Å². The van der Waals surface area contributed by atoms with E-state index in [9.17, 15) is 9.59 Å². The molecule has 1 fully saturated rings. The van der Waals surface area contributed by atoms with E-state index >= 15 is 0 Å². The Bertz CT molecular complexity index is 484. The van der Waals surface area contributed by atoms with Gasteiger partial charge in [0, 0.05) is 11.8 Å². The van der Waals surface area contributed by atoms with E-state index in [1.807, 2.05) is 5.38 Å². The summed E-state index contributed by atoms with van der Waals surface area (Å²) in [5.41, 5.74) is 0.913. The number of esters is 1. The van der Waals surface area contributed by atoms with Crippen molar-refractivity contribution in [3.8, 4) is 0 Å². The fraction of sp³-hybridized carbons (Fsp3) is 0.643. The molecule has 0 aromatic carbocycles. The smallest absolute Gasteiger partial charge is 0.305 e. The van der Waals surface area contributed by atoms with E-state index in [0.29, 0.717) is 18.0 Å². The van der Waals surface area contributed by atoms with Crippen molar-refractivity contribution in [2.24, 2.45) is 0 Å². The van der Waals surface area contributed by atoms with Gasteiger partial charge in [0.25, 0.3) is 0 Å². The van der Waals surface area contributed by atoms with Gasteiger partial charge in [-0.2, -0.15) is 0 Å². The molecule has 1 N–H and O–H groups in total. The van der Waals surface area contributed by atoms with Gasteiger partial charge in [-0.05, 0) is 31.4 Å². The number of anilines is 1. The summed E-state index contributed by atoms with van der Waals surface area (Å²) >= 11 is 3.17. The summed E-state index contributed by atoms with van der Waals surface area (Å²) in [5, 5.41) is 5.54. The molecule has 1 unspecified atom stereocenters. The van der Waals surface area contributed by atoms with Crippen molar-refractivity contribution in [3.05, 3.63) is 11.1 Å². The maximum absolute atomic E-state index is 12.1. The van der Waals surface area contributed by atoms with Crippen LogP contribution in [0.4, 0.5) is 5.13 Å². The lowest BCUT2D eigenvalue weighted by Crippen LogP contribution is -2.27. The second kappa shape index (κ2) is 8.38. The second-order valence-corrected chi connectivity index (χ2v) is 7.09. The molecule has 116 valence electrons. The number of methoxy groups -OCH3 is 1. The van der Waals surface area contributed by atoms with Crippen LogP contribution in [0.3, 0.4) is 0 Å². The van der Waals surface area contributed by atoms with Crippen molar-refractivity contribution in [1.82, 2.24) is 4.98 Å². The van der Waals surface area contributed by atoms with Gasteiger partial charge < -0.3 is 10.1 Å². The summed E-state index contributed by atoms with van der Waals surface area (Å²) in [6.07, 6.45) is 5.11. The monoisotopic (exact) mass is 328 g/mol. The molecule has 1 aliphatic heterocycles. The lowest BCUT2D eigenvalue weighted by molar-refractivity contribution is -0.140. The zero-order valence-electron chi connectivity index (χ0n) is 12.1. The Labute approximate surface area is 132 Å². The zero-order valence-corrected chi connectivity index (χ0v) is 13.7. The predicted molar refractivity (Wildman–Crippen MR) is 85.8 cm³/mol. The highest BCUT2D eigenvalue weighted by Gasteiger charge is 2.22. The van der Waals surface area contributed by atoms with Crippen LogP contribution in [-0.2, 0) is 20.7 Å². The Morgan fingerprint density at radius 3 is 3.05 bits per heavy atom. The van der Waals surface area contributed by atoms with Crippen LogP contribution in [0.1, 0.15) is 37.8 Å². The number of rotatable bonds is 6. The van der Waals surface area contributed by atoms with E-state index < -0.39 is 0 Å². The summed E-state index contributed by atoms with van der Waals surface area (Å²) in [6, 6.07) is 0. The number of aryl methyl sites for hydroxylation is 1. The van der Waals surface area contributed by atoms with Crippen LogP contribution in [0, 0.1) is 0 Å². The molecular weight excluding hydrogens is 308 g/mol. The predicted octanol–water partition coefficient (Wildman–Crippen LogP) is 2.86.